The summed E-state index contributed by atoms with van der Waals surface area (Å²) in [5, 5.41) is 0. The molecule has 0 N–H and O–H groups in total. The monoisotopic (exact) mass is 198 g/mol. The van der Waals surface area contributed by atoms with E-state index in [4.69, 9.17) is 4.74 Å². The average Bonchev–Trinajstić information content (AvgIpc) is 2.19. The van der Waals surface area contributed by atoms with Crippen molar-refractivity contribution in [2.45, 2.75) is 0 Å². The molecule has 1 aromatic carbocycles. The van der Waals surface area contributed by atoms with Crippen LogP contribution in [-0.4, -0.2) is 12.9 Å². The molecular formula is C10H8F2O2. The van der Waals surface area contributed by atoms with Crippen molar-refractivity contribution in [2.24, 2.45) is 0 Å². The Labute approximate surface area is 79.8 Å². The molecule has 0 saturated heterocycles. The van der Waals surface area contributed by atoms with Crippen molar-refractivity contribution >= 4 is 6.29 Å². The van der Waals surface area contributed by atoms with Gasteiger partial charge in [0.15, 0.2) is 17.9 Å². The van der Waals surface area contributed by atoms with Gasteiger partial charge in [-0.3, -0.25) is 4.79 Å². The van der Waals surface area contributed by atoms with E-state index in [0.717, 1.165) is 12.1 Å². The molecule has 14 heavy (non-hydrogen) atoms. The van der Waals surface area contributed by atoms with E-state index in [-0.39, 0.29) is 17.9 Å². The Morgan fingerprint density at radius 2 is 2.00 bits per heavy atom. The van der Waals surface area contributed by atoms with Gasteiger partial charge in [0, 0.05) is 6.07 Å². The molecule has 0 aliphatic carbocycles. The van der Waals surface area contributed by atoms with E-state index in [0.29, 0.717) is 6.29 Å². The molecule has 0 heterocycles. The van der Waals surface area contributed by atoms with Crippen molar-refractivity contribution in [3.05, 3.63) is 42.0 Å². The highest BCUT2D eigenvalue weighted by atomic mass is 19.2. The molecule has 0 spiro atoms. The summed E-state index contributed by atoms with van der Waals surface area (Å²) in [6.07, 6.45) is 1.84. The third-order valence-electron chi connectivity index (χ3n) is 1.54. The first-order chi connectivity index (χ1) is 6.69. The summed E-state index contributed by atoms with van der Waals surface area (Å²) in [6.45, 7) is 3.52. The Hall–Kier alpha value is -1.71. The Bertz CT molecular complexity index is 361. The van der Waals surface area contributed by atoms with Gasteiger partial charge in [-0.15, -0.1) is 0 Å². The quantitative estimate of drug-likeness (QED) is 0.548. The van der Waals surface area contributed by atoms with Crippen LogP contribution in [0.1, 0.15) is 10.4 Å². The SMILES string of the molecule is C=CCOc1cc(F)c(F)cc1C=O. The zero-order valence-electron chi connectivity index (χ0n) is 7.30. The van der Waals surface area contributed by atoms with Crippen molar-refractivity contribution in [2.75, 3.05) is 6.61 Å². The van der Waals surface area contributed by atoms with Crippen molar-refractivity contribution < 1.29 is 18.3 Å². The maximum absolute atomic E-state index is 12.7. The third kappa shape index (κ3) is 2.16. The highest BCUT2D eigenvalue weighted by Crippen LogP contribution is 2.20. The number of halogens is 2. The molecule has 0 unspecified atom stereocenters. The van der Waals surface area contributed by atoms with E-state index in [1.165, 1.54) is 6.08 Å². The van der Waals surface area contributed by atoms with Crippen LogP contribution in [0.2, 0.25) is 0 Å². The Morgan fingerprint density at radius 1 is 1.36 bits per heavy atom. The molecule has 0 aliphatic rings. The van der Waals surface area contributed by atoms with Crippen molar-refractivity contribution in [3.8, 4) is 5.75 Å². The first kappa shape index (κ1) is 10.4. The lowest BCUT2D eigenvalue weighted by Gasteiger charge is -2.06. The highest BCUT2D eigenvalue weighted by Gasteiger charge is 2.09. The minimum atomic E-state index is -1.07. The summed E-state index contributed by atoms with van der Waals surface area (Å²) in [5.74, 6) is -2.11. The summed E-state index contributed by atoms with van der Waals surface area (Å²) in [6, 6.07) is 1.63. The molecule has 2 nitrogen and oxygen atoms in total. The molecule has 1 aromatic rings. The number of carbonyl (C=O) groups is 1. The van der Waals surface area contributed by atoms with Gasteiger partial charge in [-0.25, -0.2) is 8.78 Å². The highest BCUT2D eigenvalue weighted by molar-refractivity contribution is 5.79. The van der Waals surface area contributed by atoms with Crippen LogP contribution < -0.4 is 4.74 Å². The normalized spacial score (nSPS) is 9.57. The minimum absolute atomic E-state index is 0.0128. The molecule has 0 aromatic heterocycles. The van der Waals surface area contributed by atoms with E-state index < -0.39 is 11.6 Å². The van der Waals surface area contributed by atoms with Gasteiger partial charge in [-0.05, 0) is 6.07 Å². The summed E-state index contributed by atoms with van der Waals surface area (Å²) in [4.78, 5) is 10.5. The van der Waals surface area contributed by atoms with Gasteiger partial charge in [-0.1, -0.05) is 12.7 Å². The lowest BCUT2D eigenvalue weighted by atomic mass is 10.2. The second-order valence-electron chi connectivity index (χ2n) is 2.52. The predicted octanol–water partition coefficient (Wildman–Crippen LogP) is 2.34. The molecule has 0 amide bonds. The topological polar surface area (TPSA) is 26.3 Å². The zero-order valence-corrected chi connectivity index (χ0v) is 7.30. The van der Waals surface area contributed by atoms with Crippen molar-refractivity contribution in [1.29, 1.82) is 0 Å². The number of benzene rings is 1. The molecule has 4 heteroatoms. The van der Waals surface area contributed by atoms with E-state index in [9.17, 15) is 13.6 Å². The van der Waals surface area contributed by atoms with Gasteiger partial charge in [-0.2, -0.15) is 0 Å². The van der Waals surface area contributed by atoms with Crippen LogP contribution >= 0.6 is 0 Å². The third-order valence-corrected chi connectivity index (χ3v) is 1.54. The second kappa shape index (κ2) is 4.50. The zero-order chi connectivity index (χ0) is 10.6. The number of hydrogen-bond acceptors (Lipinski definition) is 2. The van der Waals surface area contributed by atoms with Crippen molar-refractivity contribution in [1.82, 2.24) is 0 Å². The number of carbonyl (C=O) groups excluding carboxylic acids is 1. The average molecular weight is 198 g/mol. The minimum Gasteiger partial charge on any atom is -0.489 e. The fourth-order valence-electron chi connectivity index (χ4n) is 0.910. The lowest BCUT2D eigenvalue weighted by molar-refractivity contribution is 0.111. The van der Waals surface area contributed by atoms with Gasteiger partial charge in [0.2, 0.25) is 0 Å². The second-order valence-corrected chi connectivity index (χ2v) is 2.52. The van der Waals surface area contributed by atoms with E-state index >= 15 is 0 Å². The lowest BCUT2D eigenvalue weighted by Crippen LogP contribution is -1.99. The molecule has 0 fully saturated rings. The smallest absolute Gasteiger partial charge is 0.162 e. The number of hydrogen-bond donors (Lipinski definition) is 0. The predicted molar refractivity (Wildman–Crippen MR) is 47.4 cm³/mol. The maximum Gasteiger partial charge on any atom is 0.162 e. The molecule has 0 aliphatic heterocycles. The summed E-state index contributed by atoms with van der Waals surface area (Å²) >= 11 is 0. The van der Waals surface area contributed by atoms with Crippen molar-refractivity contribution in [3.63, 3.8) is 0 Å². The van der Waals surface area contributed by atoms with Gasteiger partial charge in [0.25, 0.3) is 0 Å². The molecular weight excluding hydrogens is 190 g/mol. The van der Waals surface area contributed by atoms with E-state index in [1.54, 1.807) is 0 Å². The number of ether oxygens (including phenoxy) is 1. The molecule has 1 rings (SSSR count). The van der Waals surface area contributed by atoms with Gasteiger partial charge in [0.1, 0.15) is 12.4 Å². The molecule has 0 bridgehead atoms. The van der Waals surface area contributed by atoms with Crippen LogP contribution in [0.5, 0.6) is 5.75 Å². The Kier molecular flexibility index (Phi) is 3.34. The number of aldehydes is 1. The standard InChI is InChI=1S/C10H8F2O2/c1-2-3-14-10-5-9(12)8(11)4-7(10)6-13/h2,4-6H,1,3H2. The van der Waals surface area contributed by atoms with Gasteiger partial charge >= 0.3 is 0 Å². The summed E-state index contributed by atoms with van der Waals surface area (Å²) in [5.41, 5.74) is -0.0225. The molecule has 0 radical (unpaired) electrons. The van der Waals surface area contributed by atoms with E-state index in [2.05, 4.69) is 6.58 Å². The van der Waals surface area contributed by atoms with Crippen LogP contribution in [0.4, 0.5) is 8.78 Å². The van der Waals surface area contributed by atoms with Crippen LogP contribution in [0.3, 0.4) is 0 Å². The van der Waals surface area contributed by atoms with Crippen LogP contribution in [0.25, 0.3) is 0 Å². The fourth-order valence-corrected chi connectivity index (χ4v) is 0.910. The first-order valence-electron chi connectivity index (χ1n) is 3.87. The van der Waals surface area contributed by atoms with Crippen LogP contribution in [0.15, 0.2) is 24.8 Å². The Morgan fingerprint density at radius 3 is 2.57 bits per heavy atom. The number of rotatable bonds is 4. The van der Waals surface area contributed by atoms with Crippen LogP contribution in [-0.2, 0) is 0 Å². The van der Waals surface area contributed by atoms with Gasteiger partial charge in [0.05, 0.1) is 5.56 Å². The van der Waals surface area contributed by atoms with Crippen LogP contribution in [0, 0.1) is 11.6 Å². The summed E-state index contributed by atoms with van der Waals surface area (Å²) < 4.78 is 30.3. The molecule has 0 atom stereocenters. The largest absolute Gasteiger partial charge is 0.489 e. The maximum atomic E-state index is 12.7. The van der Waals surface area contributed by atoms with E-state index in [1.807, 2.05) is 0 Å². The van der Waals surface area contributed by atoms with Gasteiger partial charge < -0.3 is 4.74 Å². The Balaban J connectivity index is 3.06. The molecule has 0 saturated carbocycles. The fraction of sp³-hybridized carbons (Fsp3) is 0.100. The molecule has 74 valence electrons. The summed E-state index contributed by atoms with van der Waals surface area (Å²) in [7, 11) is 0. The first-order valence-corrected chi connectivity index (χ1v) is 3.87.